The van der Waals surface area contributed by atoms with E-state index in [1.807, 2.05) is 6.92 Å². The number of carbonyl (C=O) groups is 2. The van der Waals surface area contributed by atoms with Gasteiger partial charge >= 0.3 is 0 Å². The summed E-state index contributed by atoms with van der Waals surface area (Å²) in [5.41, 5.74) is 12.1. The summed E-state index contributed by atoms with van der Waals surface area (Å²) in [5.74, 6) is -0.722. The molecular formula is C13H19N3O2. The number of amides is 2. The Morgan fingerprint density at radius 2 is 1.89 bits per heavy atom. The van der Waals surface area contributed by atoms with Gasteiger partial charge in [0.2, 0.25) is 5.91 Å². The minimum Gasteiger partial charge on any atom is -0.399 e. The van der Waals surface area contributed by atoms with Crippen molar-refractivity contribution in [2.24, 2.45) is 5.73 Å². The van der Waals surface area contributed by atoms with Crippen molar-refractivity contribution in [1.82, 2.24) is 5.32 Å². The lowest BCUT2D eigenvalue weighted by atomic mass is 9.99. The Hall–Kier alpha value is -2.04. The SMILES string of the molecule is Cc1cc(N)cc(C(=O)NC(C)(C)CC(N)=O)c1. The predicted octanol–water partition coefficient (Wildman–Crippen LogP) is 0.961. The largest absolute Gasteiger partial charge is 0.399 e. The van der Waals surface area contributed by atoms with Crippen molar-refractivity contribution in [1.29, 1.82) is 0 Å². The molecule has 18 heavy (non-hydrogen) atoms. The first-order chi connectivity index (χ1) is 8.19. The average molecular weight is 249 g/mol. The molecule has 1 aromatic carbocycles. The summed E-state index contributed by atoms with van der Waals surface area (Å²) in [6, 6.07) is 5.13. The molecule has 0 saturated carbocycles. The standard InChI is InChI=1S/C13H19N3O2/c1-8-4-9(6-10(14)5-8)12(18)16-13(2,3)7-11(15)17/h4-6H,7,14H2,1-3H3,(H2,15,17)(H,16,18). The van der Waals surface area contributed by atoms with Crippen molar-refractivity contribution in [2.45, 2.75) is 32.7 Å². The van der Waals surface area contributed by atoms with Gasteiger partial charge in [-0.3, -0.25) is 9.59 Å². The zero-order valence-corrected chi connectivity index (χ0v) is 10.9. The highest BCUT2D eigenvalue weighted by atomic mass is 16.2. The number of nitrogens with one attached hydrogen (secondary N) is 1. The fourth-order valence-electron chi connectivity index (χ4n) is 1.80. The summed E-state index contributed by atoms with van der Waals surface area (Å²) in [4.78, 5) is 22.9. The van der Waals surface area contributed by atoms with Crippen LogP contribution in [0.3, 0.4) is 0 Å². The average Bonchev–Trinajstić information content (AvgIpc) is 2.12. The number of hydrogen-bond donors (Lipinski definition) is 3. The van der Waals surface area contributed by atoms with E-state index in [2.05, 4.69) is 5.32 Å². The monoisotopic (exact) mass is 249 g/mol. The van der Waals surface area contributed by atoms with Gasteiger partial charge in [0.25, 0.3) is 5.91 Å². The van der Waals surface area contributed by atoms with E-state index in [4.69, 9.17) is 11.5 Å². The Bertz CT molecular complexity index is 461. The zero-order chi connectivity index (χ0) is 13.9. The van der Waals surface area contributed by atoms with Gasteiger partial charge in [-0.05, 0) is 44.5 Å². The molecule has 0 aliphatic carbocycles. The molecule has 0 spiro atoms. The van der Waals surface area contributed by atoms with Gasteiger partial charge in [0.15, 0.2) is 0 Å². The smallest absolute Gasteiger partial charge is 0.251 e. The van der Waals surface area contributed by atoms with Crippen molar-refractivity contribution in [3.05, 3.63) is 29.3 Å². The van der Waals surface area contributed by atoms with Crippen LogP contribution >= 0.6 is 0 Å². The number of hydrogen-bond acceptors (Lipinski definition) is 3. The number of anilines is 1. The van der Waals surface area contributed by atoms with Gasteiger partial charge in [0.05, 0.1) is 0 Å². The van der Waals surface area contributed by atoms with Crippen LogP contribution in [0.5, 0.6) is 0 Å². The summed E-state index contributed by atoms with van der Waals surface area (Å²) in [7, 11) is 0. The molecule has 98 valence electrons. The van der Waals surface area contributed by atoms with Crippen LogP contribution in [-0.4, -0.2) is 17.4 Å². The van der Waals surface area contributed by atoms with E-state index < -0.39 is 11.4 Å². The summed E-state index contributed by atoms with van der Waals surface area (Å²) >= 11 is 0. The van der Waals surface area contributed by atoms with Gasteiger partial charge in [0.1, 0.15) is 0 Å². The van der Waals surface area contributed by atoms with Crippen LogP contribution in [0.4, 0.5) is 5.69 Å². The number of carbonyl (C=O) groups excluding carboxylic acids is 2. The van der Waals surface area contributed by atoms with E-state index in [-0.39, 0.29) is 12.3 Å². The van der Waals surface area contributed by atoms with Gasteiger partial charge < -0.3 is 16.8 Å². The van der Waals surface area contributed by atoms with Crippen molar-refractivity contribution >= 4 is 17.5 Å². The number of benzene rings is 1. The van der Waals surface area contributed by atoms with Crippen LogP contribution in [0.1, 0.15) is 36.2 Å². The van der Waals surface area contributed by atoms with Gasteiger partial charge in [-0.1, -0.05) is 0 Å². The molecule has 0 aliphatic rings. The number of rotatable bonds is 4. The first-order valence-corrected chi connectivity index (χ1v) is 5.67. The van der Waals surface area contributed by atoms with Crippen molar-refractivity contribution < 1.29 is 9.59 Å². The van der Waals surface area contributed by atoms with Crippen molar-refractivity contribution in [3.63, 3.8) is 0 Å². The molecule has 0 heterocycles. The normalized spacial score (nSPS) is 11.1. The maximum Gasteiger partial charge on any atom is 0.251 e. The molecule has 5 N–H and O–H groups in total. The molecule has 0 atom stereocenters. The van der Waals surface area contributed by atoms with E-state index in [0.29, 0.717) is 11.3 Å². The van der Waals surface area contributed by atoms with Crippen LogP contribution < -0.4 is 16.8 Å². The number of nitrogens with two attached hydrogens (primary N) is 2. The third-order valence-electron chi connectivity index (χ3n) is 2.43. The second kappa shape index (κ2) is 5.08. The Morgan fingerprint density at radius 1 is 1.28 bits per heavy atom. The molecule has 1 aromatic rings. The van der Waals surface area contributed by atoms with Gasteiger partial charge in [-0.2, -0.15) is 0 Å². The highest BCUT2D eigenvalue weighted by Gasteiger charge is 2.23. The quantitative estimate of drug-likeness (QED) is 0.693. The lowest BCUT2D eigenvalue weighted by Gasteiger charge is -2.24. The number of nitrogen functional groups attached to an aromatic ring is 1. The molecule has 0 aliphatic heterocycles. The molecule has 5 nitrogen and oxygen atoms in total. The number of aryl methyl sites for hydroxylation is 1. The highest BCUT2D eigenvalue weighted by Crippen LogP contribution is 2.14. The molecule has 0 radical (unpaired) electrons. The van der Waals surface area contributed by atoms with Crippen LogP contribution in [0.25, 0.3) is 0 Å². The maximum atomic E-state index is 12.0. The first kappa shape index (κ1) is 14.0. The summed E-state index contributed by atoms with van der Waals surface area (Å²) in [6.45, 7) is 5.35. The second-order valence-corrected chi connectivity index (χ2v) is 5.11. The summed E-state index contributed by atoms with van der Waals surface area (Å²) < 4.78 is 0. The second-order valence-electron chi connectivity index (χ2n) is 5.11. The Balaban J connectivity index is 2.85. The van der Waals surface area contributed by atoms with E-state index in [9.17, 15) is 9.59 Å². The summed E-state index contributed by atoms with van der Waals surface area (Å²) in [5, 5.41) is 2.76. The van der Waals surface area contributed by atoms with Gasteiger partial charge in [0, 0.05) is 23.2 Å². The lowest BCUT2D eigenvalue weighted by Crippen LogP contribution is -2.46. The Morgan fingerprint density at radius 3 is 2.39 bits per heavy atom. The van der Waals surface area contributed by atoms with E-state index in [1.165, 1.54) is 0 Å². The molecule has 2 amide bonds. The van der Waals surface area contributed by atoms with Crippen LogP contribution in [0.2, 0.25) is 0 Å². The molecule has 5 heteroatoms. The Kier molecular flexibility index (Phi) is 3.96. The van der Waals surface area contributed by atoms with Crippen LogP contribution in [0.15, 0.2) is 18.2 Å². The van der Waals surface area contributed by atoms with Crippen molar-refractivity contribution in [2.75, 3.05) is 5.73 Å². The van der Waals surface area contributed by atoms with E-state index in [0.717, 1.165) is 5.56 Å². The minimum absolute atomic E-state index is 0.0834. The fourth-order valence-corrected chi connectivity index (χ4v) is 1.80. The van der Waals surface area contributed by atoms with E-state index >= 15 is 0 Å². The van der Waals surface area contributed by atoms with Gasteiger partial charge in [-0.25, -0.2) is 0 Å². The minimum atomic E-state index is -0.679. The molecule has 0 unspecified atom stereocenters. The molecule has 0 fully saturated rings. The molecular weight excluding hydrogens is 230 g/mol. The molecule has 0 aromatic heterocycles. The fraction of sp³-hybridized carbons (Fsp3) is 0.385. The number of primary amides is 1. The first-order valence-electron chi connectivity index (χ1n) is 5.67. The molecule has 1 rings (SSSR count). The molecule has 0 bridgehead atoms. The van der Waals surface area contributed by atoms with Crippen LogP contribution in [0, 0.1) is 6.92 Å². The third kappa shape index (κ3) is 4.08. The highest BCUT2D eigenvalue weighted by molar-refractivity contribution is 5.96. The zero-order valence-electron chi connectivity index (χ0n) is 10.9. The Labute approximate surface area is 107 Å². The van der Waals surface area contributed by atoms with E-state index in [1.54, 1.807) is 32.0 Å². The summed E-state index contributed by atoms with van der Waals surface area (Å²) in [6.07, 6.45) is 0.0834. The topological polar surface area (TPSA) is 98.2 Å². The predicted molar refractivity (Wildman–Crippen MR) is 70.9 cm³/mol. The van der Waals surface area contributed by atoms with Crippen LogP contribution in [-0.2, 0) is 4.79 Å². The molecule has 0 saturated heterocycles. The van der Waals surface area contributed by atoms with Crippen molar-refractivity contribution in [3.8, 4) is 0 Å². The third-order valence-corrected chi connectivity index (χ3v) is 2.43. The lowest BCUT2D eigenvalue weighted by molar-refractivity contribution is -0.119. The maximum absolute atomic E-state index is 12.0. The van der Waals surface area contributed by atoms with Gasteiger partial charge in [-0.15, -0.1) is 0 Å².